The van der Waals surface area contributed by atoms with Gasteiger partial charge in [0.15, 0.2) is 0 Å². The van der Waals surface area contributed by atoms with Crippen molar-refractivity contribution in [3.63, 3.8) is 0 Å². The summed E-state index contributed by atoms with van der Waals surface area (Å²) in [5, 5.41) is 15.0. The lowest BCUT2D eigenvalue weighted by atomic mass is 9.93. The summed E-state index contributed by atoms with van der Waals surface area (Å²) in [7, 11) is 0. The largest absolute Gasteiger partial charge is 0.486 e. The molecule has 0 saturated heterocycles. The Labute approximate surface area is 129 Å². The molecule has 0 bridgehead atoms. The third-order valence-electron chi connectivity index (χ3n) is 3.08. The van der Waals surface area contributed by atoms with Gasteiger partial charge in [-0.05, 0) is 19.1 Å². The van der Waals surface area contributed by atoms with Crippen LogP contribution in [-0.4, -0.2) is 15.9 Å². The molecule has 4 nitrogen and oxygen atoms in total. The van der Waals surface area contributed by atoms with Crippen molar-refractivity contribution < 1.29 is 9.94 Å². The minimum atomic E-state index is 0.0589. The summed E-state index contributed by atoms with van der Waals surface area (Å²) in [4.78, 5) is 4.60. The van der Waals surface area contributed by atoms with Gasteiger partial charge in [0.25, 0.3) is 0 Å². The predicted molar refractivity (Wildman–Crippen MR) is 85.6 cm³/mol. The van der Waals surface area contributed by atoms with E-state index in [1.54, 1.807) is 18.3 Å². The fourth-order valence-electron chi connectivity index (χ4n) is 1.74. The molecule has 1 N–H and O–H groups in total. The molecule has 0 amide bonds. The Morgan fingerprint density at radius 1 is 1.38 bits per heavy atom. The van der Waals surface area contributed by atoms with Crippen LogP contribution in [0, 0.1) is 0 Å². The van der Waals surface area contributed by atoms with Gasteiger partial charge in [-0.1, -0.05) is 38.1 Å². The van der Waals surface area contributed by atoms with Crippen molar-refractivity contribution in [2.45, 2.75) is 39.7 Å². The van der Waals surface area contributed by atoms with E-state index in [0.717, 1.165) is 22.0 Å². The number of thiazole rings is 1. The summed E-state index contributed by atoms with van der Waals surface area (Å²) in [5.41, 5.74) is 2.54. The van der Waals surface area contributed by atoms with Crippen LogP contribution in [0.3, 0.4) is 0 Å². The van der Waals surface area contributed by atoms with Gasteiger partial charge in [-0.15, -0.1) is 11.3 Å². The summed E-state index contributed by atoms with van der Waals surface area (Å²) in [6.45, 7) is 8.63. The molecule has 1 aromatic carbocycles. The number of aromatic nitrogens is 1. The molecule has 5 heteroatoms. The van der Waals surface area contributed by atoms with Crippen molar-refractivity contribution in [1.29, 1.82) is 0 Å². The molecule has 0 aliphatic carbocycles. The minimum Gasteiger partial charge on any atom is -0.486 e. The molecule has 0 aliphatic rings. The van der Waals surface area contributed by atoms with Gasteiger partial charge in [0, 0.05) is 16.4 Å². The zero-order valence-electron chi connectivity index (χ0n) is 12.8. The first kappa shape index (κ1) is 15.5. The highest BCUT2D eigenvalue weighted by atomic mass is 32.1. The van der Waals surface area contributed by atoms with Crippen LogP contribution < -0.4 is 4.74 Å². The van der Waals surface area contributed by atoms with Crippen molar-refractivity contribution in [3.05, 3.63) is 45.9 Å². The number of oxime groups is 1. The van der Waals surface area contributed by atoms with E-state index < -0.39 is 0 Å². The van der Waals surface area contributed by atoms with E-state index in [-0.39, 0.29) is 5.41 Å². The van der Waals surface area contributed by atoms with Crippen LogP contribution in [0.15, 0.2) is 34.8 Å². The van der Waals surface area contributed by atoms with Crippen LogP contribution in [0.1, 0.15) is 44.0 Å². The van der Waals surface area contributed by atoms with E-state index in [4.69, 9.17) is 9.94 Å². The van der Waals surface area contributed by atoms with Crippen molar-refractivity contribution in [2.75, 3.05) is 0 Å². The molecular weight excluding hydrogens is 284 g/mol. The van der Waals surface area contributed by atoms with E-state index in [0.29, 0.717) is 12.3 Å². The van der Waals surface area contributed by atoms with Crippen molar-refractivity contribution in [1.82, 2.24) is 4.98 Å². The molecule has 0 fully saturated rings. The molecule has 2 aromatic rings. The van der Waals surface area contributed by atoms with Crippen molar-refractivity contribution >= 4 is 17.0 Å². The first-order valence-corrected chi connectivity index (χ1v) is 7.65. The van der Waals surface area contributed by atoms with Gasteiger partial charge in [0.2, 0.25) is 0 Å². The Morgan fingerprint density at radius 3 is 2.76 bits per heavy atom. The Bertz CT molecular complexity index is 642. The van der Waals surface area contributed by atoms with Crippen molar-refractivity contribution in [3.8, 4) is 5.75 Å². The maximum Gasteiger partial charge on any atom is 0.140 e. The lowest BCUT2D eigenvalue weighted by Crippen LogP contribution is -2.11. The SMILES string of the molecule is C/C(=N/O)c1cccc(OCc2nc(C(C)(C)C)cs2)c1. The lowest BCUT2D eigenvalue weighted by Gasteiger charge is -2.14. The first-order chi connectivity index (χ1) is 9.90. The highest BCUT2D eigenvalue weighted by Crippen LogP contribution is 2.24. The lowest BCUT2D eigenvalue weighted by molar-refractivity contribution is 0.304. The third kappa shape index (κ3) is 4.04. The average Bonchev–Trinajstić information content (AvgIpc) is 2.93. The molecule has 0 radical (unpaired) electrons. The van der Waals surface area contributed by atoms with Crippen LogP contribution in [0.2, 0.25) is 0 Å². The Hall–Kier alpha value is -1.88. The van der Waals surface area contributed by atoms with Crippen LogP contribution >= 0.6 is 11.3 Å². The monoisotopic (exact) mass is 304 g/mol. The van der Waals surface area contributed by atoms with Crippen LogP contribution in [0.25, 0.3) is 0 Å². The van der Waals surface area contributed by atoms with Crippen LogP contribution in [-0.2, 0) is 12.0 Å². The fraction of sp³-hybridized carbons (Fsp3) is 0.375. The molecular formula is C16H20N2O2S. The zero-order valence-corrected chi connectivity index (χ0v) is 13.6. The average molecular weight is 304 g/mol. The molecule has 0 unspecified atom stereocenters. The fourth-order valence-corrected chi connectivity index (χ4v) is 2.67. The molecule has 21 heavy (non-hydrogen) atoms. The zero-order chi connectivity index (χ0) is 15.5. The molecule has 112 valence electrons. The van der Waals surface area contributed by atoms with Gasteiger partial charge < -0.3 is 9.94 Å². The molecule has 1 heterocycles. The quantitative estimate of drug-likeness (QED) is 0.523. The molecule has 0 aliphatic heterocycles. The maximum absolute atomic E-state index is 8.80. The highest BCUT2D eigenvalue weighted by molar-refractivity contribution is 7.09. The van der Waals surface area contributed by atoms with E-state index >= 15 is 0 Å². The summed E-state index contributed by atoms with van der Waals surface area (Å²) in [6.07, 6.45) is 0. The molecule has 1 aromatic heterocycles. The number of ether oxygens (including phenoxy) is 1. The van der Waals surface area contributed by atoms with Gasteiger partial charge in [-0.2, -0.15) is 0 Å². The normalized spacial score (nSPS) is 12.5. The Balaban J connectivity index is 2.05. The minimum absolute atomic E-state index is 0.0589. The Kier molecular flexibility index (Phi) is 4.63. The predicted octanol–water partition coefficient (Wildman–Crippen LogP) is 4.22. The van der Waals surface area contributed by atoms with Gasteiger partial charge in [0.05, 0.1) is 11.4 Å². The number of hydrogen-bond acceptors (Lipinski definition) is 5. The first-order valence-electron chi connectivity index (χ1n) is 6.77. The van der Waals surface area contributed by atoms with Crippen LogP contribution in [0.4, 0.5) is 0 Å². The smallest absolute Gasteiger partial charge is 0.140 e. The van der Waals surface area contributed by atoms with E-state index in [1.165, 1.54) is 0 Å². The number of nitrogens with zero attached hydrogens (tertiary/aromatic N) is 2. The molecule has 0 atom stereocenters. The summed E-state index contributed by atoms with van der Waals surface area (Å²) >= 11 is 1.61. The second kappa shape index (κ2) is 6.26. The maximum atomic E-state index is 8.80. The van der Waals surface area contributed by atoms with E-state index in [1.807, 2.05) is 24.3 Å². The van der Waals surface area contributed by atoms with Gasteiger partial charge in [-0.3, -0.25) is 0 Å². The second-order valence-electron chi connectivity index (χ2n) is 5.88. The standard InChI is InChI=1S/C16H20N2O2S/c1-11(18-19)12-6-5-7-13(8-12)20-9-15-17-14(10-21-15)16(2,3)4/h5-8,10,19H,9H2,1-4H3/b18-11-. The second-order valence-corrected chi connectivity index (χ2v) is 6.82. The molecule has 0 saturated carbocycles. The molecule has 0 spiro atoms. The summed E-state index contributed by atoms with van der Waals surface area (Å²) < 4.78 is 5.76. The van der Waals surface area contributed by atoms with Gasteiger partial charge in [-0.25, -0.2) is 4.98 Å². The van der Waals surface area contributed by atoms with E-state index in [9.17, 15) is 0 Å². The van der Waals surface area contributed by atoms with Crippen LogP contribution in [0.5, 0.6) is 5.75 Å². The Morgan fingerprint density at radius 2 is 2.14 bits per heavy atom. The number of benzene rings is 1. The highest BCUT2D eigenvalue weighted by Gasteiger charge is 2.17. The third-order valence-corrected chi connectivity index (χ3v) is 3.91. The molecule has 2 rings (SSSR count). The van der Waals surface area contributed by atoms with Crippen molar-refractivity contribution in [2.24, 2.45) is 5.16 Å². The summed E-state index contributed by atoms with van der Waals surface area (Å²) in [6, 6.07) is 7.49. The number of rotatable bonds is 4. The van der Waals surface area contributed by atoms with E-state index in [2.05, 4.69) is 36.3 Å². The van der Waals surface area contributed by atoms with Gasteiger partial charge in [0.1, 0.15) is 17.4 Å². The number of hydrogen-bond donors (Lipinski definition) is 1. The topological polar surface area (TPSA) is 54.7 Å². The summed E-state index contributed by atoms with van der Waals surface area (Å²) in [5.74, 6) is 0.739. The van der Waals surface area contributed by atoms with Gasteiger partial charge >= 0.3 is 0 Å².